The van der Waals surface area contributed by atoms with Gasteiger partial charge in [0.2, 0.25) is 0 Å². The van der Waals surface area contributed by atoms with E-state index in [0.717, 1.165) is 12.5 Å². The Morgan fingerprint density at radius 1 is 1.43 bits per heavy atom. The smallest absolute Gasteiger partial charge is 0.139 e. The summed E-state index contributed by atoms with van der Waals surface area (Å²) >= 11 is 6.34. The van der Waals surface area contributed by atoms with Gasteiger partial charge < -0.3 is 4.74 Å². The number of halogens is 2. The maximum absolute atomic E-state index is 14.8. The molecule has 6 heteroatoms. The SMILES string of the molecule is C[C@@H]1C[C@@H]1c1c(Cl)cc2c(cnn2COCC[Si](C)(C)C)c1F. The summed E-state index contributed by atoms with van der Waals surface area (Å²) in [5.74, 6) is 0.554. The molecule has 0 aliphatic heterocycles. The predicted molar refractivity (Wildman–Crippen MR) is 95.3 cm³/mol. The Balaban J connectivity index is 1.78. The molecule has 0 spiro atoms. The molecule has 1 fully saturated rings. The first-order valence-corrected chi connectivity index (χ1v) is 12.3. The molecule has 0 amide bonds. The minimum atomic E-state index is -1.11. The highest BCUT2D eigenvalue weighted by atomic mass is 35.5. The lowest BCUT2D eigenvalue weighted by Crippen LogP contribution is -2.22. The van der Waals surface area contributed by atoms with Crippen molar-refractivity contribution in [2.75, 3.05) is 6.61 Å². The van der Waals surface area contributed by atoms with Crippen LogP contribution in [-0.4, -0.2) is 24.5 Å². The minimum Gasteiger partial charge on any atom is -0.360 e. The number of ether oxygens (including phenoxy) is 1. The summed E-state index contributed by atoms with van der Waals surface area (Å²) in [5, 5.41) is 5.32. The van der Waals surface area contributed by atoms with Crippen LogP contribution in [0, 0.1) is 11.7 Å². The molecule has 1 aliphatic rings. The van der Waals surface area contributed by atoms with E-state index in [0.29, 0.717) is 40.7 Å². The Bertz CT molecular complexity index is 725. The Hall–Kier alpha value is -0.913. The maximum atomic E-state index is 14.8. The van der Waals surface area contributed by atoms with Gasteiger partial charge in [0.1, 0.15) is 12.5 Å². The van der Waals surface area contributed by atoms with Crippen LogP contribution in [0.5, 0.6) is 0 Å². The summed E-state index contributed by atoms with van der Waals surface area (Å²) in [7, 11) is -1.11. The molecule has 23 heavy (non-hydrogen) atoms. The number of aromatic nitrogens is 2. The third-order valence-electron chi connectivity index (χ3n) is 4.56. The number of nitrogens with zero attached hydrogens (tertiary/aromatic N) is 2. The number of hydrogen-bond donors (Lipinski definition) is 0. The van der Waals surface area contributed by atoms with Crippen molar-refractivity contribution in [2.45, 2.75) is 51.7 Å². The standard InChI is InChI=1S/C17H24ClFN2OSi/c1-11-7-12(11)16-14(18)8-15-13(17(16)19)9-20-21(15)10-22-5-6-23(2,3)4/h8-9,11-12H,5-7,10H2,1-4H3/t11-,12+/m1/s1. The van der Waals surface area contributed by atoms with Crippen LogP contribution in [0.4, 0.5) is 4.39 Å². The van der Waals surface area contributed by atoms with Crippen molar-refractivity contribution < 1.29 is 9.13 Å². The first-order valence-electron chi connectivity index (χ1n) is 8.19. The van der Waals surface area contributed by atoms with Crippen molar-refractivity contribution in [3.63, 3.8) is 0 Å². The van der Waals surface area contributed by atoms with Gasteiger partial charge >= 0.3 is 0 Å². The van der Waals surface area contributed by atoms with Crippen molar-refractivity contribution in [3.05, 3.63) is 28.7 Å². The Labute approximate surface area is 142 Å². The van der Waals surface area contributed by atoms with E-state index in [9.17, 15) is 4.39 Å². The third-order valence-corrected chi connectivity index (χ3v) is 6.58. The van der Waals surface area contributed by atoms with Gasteiger partial charge in [-0.1, -0.05) is 38.2 Å². The van der Waals surface area contributed by atoms with Gasteiger partial charge in [-0.3, -0.25) is 0 Å². The molecule has 1 aromatic carbocycles. The third kappa shape index (κ3) is 3.62. The quantitative estimate of drug-likeness (QED) is 0.522. The monoisotopic (exact) mass is 354 g/mol. The summed E-state index contributed by atoms with van der Waals surface area (Å²) < 4.78 is 22.2. The second-order valence-electron chi connectivity index (χ2n) is 7.83. The van der Waals surface area contributed by atoms with E-state index in [1.54, 1.807) is 10.9 Å². The zero-order valence-electron chi connectivity index (χ0n) is 14.2. The molecule has 2 atom stereocenters. The fourth-order valence-corrected chi connectivity index (χ4v) is 3.94. The molecule has 0 bridgehead atoms. The first-order chi connectivity index (χ1) is 10.8. The summed E-state index contributed by atoms with van der Waals surface area (Å²) in [6.07, 6.45) is 2.59. The summed E-state index contributed by atoms with van der Waals surface area (Å²) in [4.78, 5) is 0. The number of hydrogen-bond acceptors (Lipinski definition) is 2. The second kappa shape index (κ2) is 6.19. The van der Waals surface area contributed by atoms with Crippen molar-refractivity contribution in [1.82, 2.24) is 9.78 Å². The minimum absolute atomic E-state index is 0.213. The molecule has 0 unspecified atom stereocenters. The van der Waals surface area contributed by atoms with Gasteiger partial charge in [-0.25, -0.2) is 9.07 Å². The molecule has 0 N–H and O–H groups in total. The summed E-state index contributed by atoms with van der Waals surface area (Å²) in [6.45, 7) is 10.1. The van der Waals surface area contributed by atoms with Crippen LogP contribution in [0.25, 0.3) is 10.9 Å². The van der Waals surface area contributed by atoms with E-state index >= 15 is 0 Å². The van der Waals surface area contributed by atoms with Gasteiger partial charge in [-0.15, -0.1) is 0 Å². The van der Waals surface area contributed by atoms with E-state index in [-0.39, 0.29) is 11.7 Å². The molecular formula is C17H24ClFN2OSi. The van der Waals surface area contributed by atoms with Crippen LogP contribution < -0.4 is 0 Å². The molecule has 1 aromatic heterocycles. The van der Waals surface area contributed by atoms with Crippen molar-refractivity contribution in [3.8, 4) is 0 Å². The topological polar surface area (TPSA) is 27.1 Å². The highest BCUT2D eigenvalue weighted by Crippen LogP contribution is 2.51. The molecule has 0 radical (unpaired) electrons. The molecule has 2 aromatic rings. The molecule has 3 nitrogen and oxygen atoms in total. The Morgan fingerprint density at radius 2 is 2.13 bits per heavy atom. The molecule has 0 saturated heterocycles. The predicted octanol–water partition coefficient (Wildman–Crippen LogP) is 5.26. The van der Waals surface area contributed by atoms with Crippen LogP contribution in [-0.2, 0) is 11.5 Å². The fraction of sp³-hybridized carbons (Fsp3) is 0.588. The van der Waals surface area contributed by atoms with Gasteiger partial charge in [-0.2, -0.15) is 5.10 Å². The van der Waals surface area contributed by atoms with Gasteiger partial charge in [-0.05, 0) is 30.4 Å². The lowest BCUT2D eigenvalue weighted by atomic mass is 10.1. The van der Waals surface area contributed by atoms with Crippen LogP contribution in [0.1, 0.15) is 24.8 Å². The average Bonchev–Trinajstić information content (AvgIpc) is 3.00. The molecule has 126 valence electrons. The highest BCUT2D eigenvalue weighted by Gasteiger charge is 2.38. The zero-order valence-corrected chi connectivity index (χ0v) is 16.0. The summed E-state index contributed by atoms with van der Waals surface area (Å²) in [5.41, 5.74) is 1.36. The fourth-order valence-electron chi connectivity index (χ4n) is 2.86. The van der Waals surface area contributed by atoms with Gasteiger partial charge in [0.05, 0.1) is 17.1 Å². The molecule has 1 saturated carbocycles. The van der Waals surface area contributed by atoms with Gasteiger partial charge in [0.25, 0.3) is 0 Å². The van der Waals surface area contributed by atoms with Crippen LogP contribution in [0.2, 0.25) is 30.7 Å². The average molecular weight is 355 g/mol. The van der Waals surface area contributed by atoms with Crippen molar-refractivity contribution in [2.24, 2.45) is 5.92 Å². The van der Waals surface area contributed by atoms with Crippen molar-refractivity contribution in [1.29, 1.82) is 0 Å². The molecule has 1 heterocycles. The maximum Gasteiger partial charge on any atom is 0.139 e. The number of fused-ring (bicyclic) bond motifs is 1. The molecular weight excluding hydrogens is 331 g/mol. The van der Waals surface area contributed by atoms with Crippen LogP contribution in [0.15, 0.2) is 12.3 Å². The van der Waals surface area contributed by atoms with Crippen LogP contribution >= 0.6 is 11.6 Å². The van der Waals surface area contributed by atoms with Crippen molar-refractivity contribution >= 4 is 30.6 Å². The van der Waals surface area contributed by atoms with E-state index in [1.165, 1.54) is 0 Å². The van der Waals surface area contributed by atoms with Crippen LogP contribution in [0.3, 0.4) is 0 Å². The summed E-state index contributed by atoms with van der Waals surface area (Å²) in [6, 6.07) is 2.93. The Kier molecular flexibility index (Phi) is 4.55. The highest BCUT2D eigenvalue weighted by molar-refractivity contribution is 6.76. The largest absolute Gasteiger partial charge is 0.360 e. The van der Waals surface area contributed by atoms with Gasteiger partial charge in [0, 0.05) is 25.3 Å². The van der Waals surface area contributed by atoms with E-state index < -0.39 is 8.07 Å². The second-order valence-corrected chi connectivity index (χ2v) is 13.9. The molecule has 1 aliphatic carbocycles. The Morgan fingerprint density at radius 3 is 2.74 bits per heavy atom. The number of rotatable bonds is 6. The molecule has 3 rings (SSSR count). The number of benzene rings is 1. The van der Waals surface area contributed by atoms with Gasteiger partial charge in [0.15, 0.2) is 0 Å². The van der Waals surface area contributed by atoms with E-state index in [1.807, 2.05) is 6.07 Å². The zero-order chi connectivity index (χ0) is 16.8. The lowest BCUT2D eigenvalue weighted by molar-refractivity contribution is 0.0817. The van der Waals surface area contributed by atoms with E-state index in [2.05, 4.69) is 31.7 Å². The van der Waals surface area contributed by atoms with E-state index in [4.69, 9.17) is 16.3 Å². The normalized spacial score (nSPS) is 21.1. The first kappa shape index (κ1) is 16.9. The lowest BCUT2D eigenvalue weighted by Gasteiger charge is -2.15.